The Balaban J connectivity index is 1.58. The first-order valence-corrected chi connectivity index (χ1v) is 10.2. The number of aromatic nitrogens is 2. The highest BCUT2D eigenvalue weighted by Gasteiger charge is 2.30. The number of carbonyl (C=O) groups excluding carboxylic acids is 1. The molecule has 0 radical (unpaired) electrons. The highest BCUT2D eigenvalue weighted by molar-refractivity contribution is 7.18. The maximum absolute atomic E-state index is 11.7. The maximum atomic E-state index is 11.7. The van der Waals surface area contributed by atoms with E-state index in [0.29, 0.717) is 18.3 Å². The lowest BCUT2D eigenvalue weighted by atomic mass is 9.87. The van der Waals surface area contributed by atoms with E-state index in [1.54, 1.807) is 17.7 Å². The zero-order chi connectivity index (χ0) is 18.3. The van der Waals surface area contributed by atoms with E-state index in [-0.39, 0.29) is 17.9 Å². The summed E-state index contributed by atoms with van der Waals surface area (Å²) in [7, 11) is 4.29. The van der Waals surface area contributed by atoms with Crippen LogP contribution in [0.25, 0.3) is 10.2 Å². The fourth-order valence-corrected chi connectivity index (χ4v) is 5.42. The molecule has 0 saturated heterocycles. The topological polar surface area (TPSA) is 81.3 Å². The lowest BCUT2D eigenvalue weighted by molar-refractivity contribution is -0.122. The Morgan fingerprint density at radius 3 is 2.69 bits per heavy atom. The van der Waals surface area contributed by atoms with Gasteiger partial charge in [0.25, 0.3) is 0 Å². The van der Waals surface area contributed by atoms with E-state index in [1.807, 2.05) is 0 Å². The molecule has 2 heterocycles. The number of rotatable bonds is 4. The minimum Gasteiger partial charge on any atom is -0.474 e. The molecule has 2 aromatic rings. The number of hydrogen-bond donors (Lipinski definition) is 1. The molecule has 2 aromatic heterocycles. The van der Waals surface area contributed by atoms with Crippen molar-refractivity contribution in [2.75, 3.05) is 14.1 Å². The normalized spacial score (nSPS) is 26.0. The van der Waals surface area contributed by atoms with Gasteiger partial charge in [-0.3, -0.25) is 4.79 Å². The minimum atomic E-state index is -0.212. The molecule has 1 atom stereocenters. The molecule has 6 nitrogen and oxygen atoms in total. The average Bonchev–Trinajstić information content (AvgIpc) is 3.00. The van der Waals surface area contributed by atoms with Gasteiger partial charge in [-0.15, -0.1) is 11.3 Å². The third kappa shape index (κ3) is 3.30. The number of amides is 1. The Morgan fingerprint density at radius 1 is 1.23 bits per heavy atom. The van der Waals surface area contributed by atoms with Gasteiger partial charge in [0.15, 0.2) is 0 Å². The van der Waals surface area contributed by atoms with Crippen LogP contribution in [-0.2, 0) is 17.6 Å². The molecule has 26 heavy (non-hydrogen) atoms. The van der Waals surface area contributed by atoms with Crippen LogP contribution in [0.2, 0.25) is 0 Å². The summed E-state index contributed by atoms with van der Waals surface area (Å²) in [5.74, 6) is 0.381. The summed E-state index contributed by atoms with van der Waals surface area (Å²) in [5.41, 5.74) is 6.74. The molecule has 0 bridgehead atoms. The largest absolute Gasteiger partial charge is 0.474 e. The van der Waals surface area contributed by atoms with Gasteiger partial charge in [0.05, 0.1) is 5.39 Å². The number of primary amides is 1. The van der Waals surface area contributed by atoms with Crippen LogP contribution in [0.3, 0.4) is 0 Å². The van der Waals surface area contributed by atoms with Crippen LogP contribution in [0.4, 0.5) is 0 Å². The van der Waals surface area contributed by atoms with Crippen molar-refractivity contribution in [2.45, 2.75) is 57.1 Å². The quantitative estimate of drug-likeness (QED) is 0.889. The lowest BCUT2D eigenvalue weighted by Crippen LogP contribution is -2.35. The molecule has 0 aromatic carbocycles. The fraction of sp³-hybridized carbons (Fsp3) is 0.632. The van der Waals surface area contributed by atoms with Crippen LogP contribution in [0, 0.1) is 5.92 Å². The molecular weight excluding hydrogens is 348 g/mol. The van der Waals surface area contributed by atoms with Crippen molar-refractivity contribution >= 4 is 27.5 Å². The van der Waals surface area contributed by atoms with Gasteiger partial charge in [0.2, 0.25) is 11.8 Å². The Morgan fingerprint density at radius 2 is 2.00 bits per heavy atom. The summed E-state index contributed by atoms with van der Waals surface area (Å²) >= 11 is 1.70. The summed E-state index contributed by atoms with van der Waals surface area (Å²) in [4.78, 5) is 25.1. The predicted molar refractivity (Wildman–Crippen MR) is 102 cm³/mol. The van der Waals surface area contributed by atoms with Crippen molar-refractivity contribution in [3.8, 4) is 5.88 Å². The van der Waals surface area contributed by atoms with Crippen LogP contribution in [0.5, 0.6) is 5.88 Å². The zero-order valence-electron chi connectivity index (χ0n) is 15.4. The first kappa shape index (κ1) is 17.7. The maximum Gasteiger partial charge on any atom is 0.225 e. The Bertz CT molecular complexity index is 811. The third-order valence-electron chi connectivity index (χ3n) is 5.86. The molecule has 1 saturated carbocycles. The second-order valence-corrected chi connectivity index (χ2v) is 8.80. The van der Waals surface area contributed by atoms with Gasteiger partial charge in [-0.25, -0.2) is 9.97 Å². The van der Waals surface area contributed by atoms with Crippen LogP contribution in [0.1, 0.15) is 42.5 Å². The second-order valence-electron chi connectivity index (χ2n) is 7.72. The smallest absolute Gasteiger partial charge is 0.225 e. The van der Waals surface area contributed by atoms with E-state index < -0.39 is 0 Å². The number of nitrogens with two attached hydrogens (primary N) is 1. The molecule has 0 aliphatic heterocycles. The number of hydrogen-bond acceptors (Lipinski definition) is 6. The summed E-state index contributed by atoms with van der Waals surface area (Å²) in [5, 5.41) is 1.01. The van der Waals surface area contributed by atoms with Crippen LogP contribution >= 0.6 is 11.3 Å². The summed E-state index contributed by atoms with van der Waals surface area (Å²) in [6, 6.07) is 0.644. The fourth-order valence-electron chi connectivity index (χ4n) is 4.25. The van der Waals surface area contributed by atoms with E-state index in [2.05, 4.69) is 29.0 Å². The average molecular weight is 375 g/mol. The van der Waals surface area contributed by atoms with Crippen LogP contribution in [0.15, 0.2) is 6.33 Å². The number of aryl methyl sites for hydroxylation is 1. The van der Waals surface area contributed by atoms with Gasteiger partial charge in [0, 0.05) is 16.8 Å². The van der Waals surface area contributed by atoms with Gasteiger partial charge < -0.3 is 15.4 Å². The van der Waals surface area contributed by atoms with Crippen molar-refractivity contribution in [1.29, 1.82) is 0 Å². The van der Waals surface area contributed by atoms with Crippen molar-refractivity contribution in [2.24, 2.45) is 11.7 Å². The highest BCUT2D eigenvalue weighted by Crippen LogP contribution is 2.41. The SMILES string of the molecule is CN(C)C1CCC(Oc2ncnc3sc4c(c23)C[C@@H](C(N)=O)CC4)CC1. The number of carbonyl (C=O) groups is 1. The second kappa shape index (κ2) is 7.12. The molecule has 2 aliphatic rings. The molecule has 1 amide bonds. The molecule has 1 fully saturated rings. The van der Waals surface area contributed by atoms with Gasteiger partial charge in [0.1, 0.15) is 17.3 Å². The number of thiophene rings is 1. The van der Waals surface area contributed by atoms with Gasteiger partial charge in [-0.2, -0.15) is 0 Å². The molecule has 4 rings (SSSR count). The van der Waals surface area contributed by atoms with E-state index in [1.165, 1.54) is 10.4 Å². The van der Waals surface area contributed by atoms with Crippen molar-refractivity contribution in [1.82, 2.24) is 14.9 Å². The van der Waals surface area contributed by atoms with Crippen LogP contribution in [-0.4, -0.2) is 47.0 Å². The summed E-state index contributed by atoms with van der Waals surface area (Å²) in [6.07, 6.45) is 8.59. The molecule has 2 aliphatic carbocycles. The molecule has 2 N–H and O–H groups in total. The number of ether oxygens (including phenoxy) is 1. The lowest BCUT2D eigenvalue weighted by Gasteiger charge is -2.32. The standard InChI is InChI=1S/C19H26N4O2S/c1-23(2)12-4-6-13(7-5-12)25-18-16-14-9-11(17(20)24)3-8-15(14)26-19(16)22-10-21-18/h10-13H,3-9H2,1-2H3,(H2,20,24)/t11-,12?,13?/m0/s1. The van der Waals surface area contributed by atoms with Crippen molar-refractivity contribution in [3.05, 3.63) is 16.8 Å². The predicted octanol–water partition coefficient (Wildman–Crippen LogP) is 2.53. The Labute approximate surface area is 157 Å². The van der Waals surface area contributed by atoms with E-state index in [9.17, 15) is 4.79 Å². The van der Waals surface area contributed by atoms with Crippen molar-refractivity contribution in [3.63, 3.8) is 0 Å². The Hall–Kier alpha value is -1.73. The van der Waals surface area contributed by atoms with E-state index >= 15 is 0 Å². The van der Waals surface area contributed by atoms with E-state index in [4.69, 9.17) is 10.5 Å². The first-order valence-electron chi connectivity index (χ1n) is 9.40. The molecule has 7 heteroatoms. The Kier molecular flexibility index (Phi) is 4.84. The molecule has 0 spiro atoms. The first-order chi connectivity index (χ1) is 12.5. The highest BCUT2D eigenvalue weighted by atomic mass is 32.1. The third-order valence-corrected chi connectivity index (χ3v) is 7.06. The van der Waals surface area contributed by atoms with Gasteiger partial charge in [-0.1, -0.05) is 0 Å². The minimum absolute atomic E-state index is 0.0936. The number of nitrogens with zero attached hydrogens (tertiary/aromatic N) is 3. The van der Waals surface area contributed by atoms with Crippen molar-refractivity contribution < 1.29 is 9.53 Å². The molecule has 0 unspecified atom stereocenters. The zero-order valence-corrected chi connectivity index (χ0v) is 16.2. The summed E-state index contributed by atoms with van der Waals surface area (Å²) < 4.78 is 6.34. The summed E-state index contributed by atoms with van der Waals surface area (Å²) in [6.45, 7) is 0. The van der Waals surface area contributed by atoms with E-state index in [0.717, 1.165) is 48.7 Å². The van der Waals surface area contributed by atoms with Gasteiger partial charge >= 0.3 is 0 Å². The number of fused-ring (bicyclic) bond motifs is 3. The molecular formula is C19H26N4O2S. The monoisotopic (exact) mass is 374 g/mol. The molecule has 140 valence electrons. The van der Waals surface area contributed by atoms with Crippen LogP contribution < -0.4 is 10.5 Å². The van der Waals surface area contributed by atoms with Gasteiger partial charge in [-0.05, 0) is 64.6 Å².